The highest BCUT2D eigenvalue weighted by atomic mass is 35.5. The smallest absolute Gasteiger partial charge is 0.326 e. The van der Waals surface area contributed by atoms with Gasteiger partial charge in [-0.15, -0.1) is 0 Å². The minimum atomic E-state index is -4.64. The summed E-state index contributed by atoms with van der Waals surface area (Å²) in [6.45, 7) is 0. The van der Waals surface area contributed by atoms with E-state index in [1.54, 1.807) is 24.3 Å². The Balaban J connectivity index is 1.74. The molecule has 3 aromatic carbocycles. The second-order valence-corrected chi connectivity index (χ2v) is 12.9. The highest BCUT2D eigenvalue weighted by Gasteiger charge is 2.31. The number of aromatic nitrogens is 1. The molecule has 5 rings (SSSR count). The third-order valence-corrected chi connectivity index (χ3v) is 8.74. The van der Waals surface area contributed by atoms with Crippen molar-refractivity contribution in [3.63, 3.8) is 0 Å². The number of hydrogen-bond acceptors (Lipinski definition) is 8. The third kappa shape index (κ3) is 4.67. The molecule has 176 valence electrons. The number of anilines is 1. The molecule has 0 aliphatic carbocycles. The maximum atomic E-state index is 11.9. The number of nitrogens with zero attached hydrogens (tertiary/aromatic N) is 2. The lowest BCUT2D eigenvalue weighted by Gasteiger charge is -2.21. The fourth-order valence-corrected chi connectivity index (χ4v) is 7.64. The molecular formula is C21H15ClN2O6S4. The largest absolute Gasteiger partial charge is 0.747 e. The van der Waals surface area contributed by atoms with Crippen molar-refractivity contribution in [2.24, 2.45) is 0 Å². The van der Waals surface area contributed by atoms with Crippen LogP contribution in [-0.2, 0) is 26.1 Å². The number of thioether (sulfide) groups is 1. The van der Waals surface area contributed by atoms with Crippen LogP contribution in [0.5, 0.6) is 0 Å². The molecule has 0 fully saturated rings. The number of fused-ring (bicyclic) bond motifs is 4. The Morgan fingerprint density at radius 2 is 1.85 bits per heavy atom. The van der Waals surface area contributed by atoms with E-state index in [0.29, 0.717) is 31.2 Å². The van der Waals surface area contributed by atoms with E-state index in [1.165, 1.54) is 32.6 Å². The predicted octanol–water partition coefficient (Wildman–Crippen LogP) is 4.25. The molecule has 1 aromatic heterocycles. The van der Waals surface area contributed by atoms with Gasteiger partial charge in [-0.05, 0) is 35.7 Å². The van der Waals surface area contributed by atoms with Gasteiger partial charge in [0.1, 0.15) is 20.7 Å². The van der Waals surface area contributed by atoms with E-state index in [4.69, 9.17) is 11.6 Å². The summed E-state index contributed by atoms with van der Waals surface area (Å²) < 4.78 is 70.7. The van der Waals surface area contributed by atoms with Gasteiger partial charge in [-0.25, -0.2) is 8.42 Å². The van der Waals surface area contributed by atoms with Gasteiger partial charge in [-0.3, -0.25) is 4.55 Å². The lowest BCUT2D eigenvalue weighted by molar-refractivity contribution is -0.648. The molecule has 0 amide bonds. The highest BCUT2D eigenvalue weighted by Crippen LogP contribution is 2.48. The molecule has 1 aliphatic rings. The zero-order chi connectivity index (χ0) is 24.3. The summed E-state index contributed by atoms with van der Waals surface area (Å²) in [4.78, 5) is 2.04. The summed E-state index contributed by atoms with van der Waals surface area (Å²) in [7, 11) is -9.05. The van der Waals surface area contributed by atoms with E-state index in [1.807, 2.05) is 36.4 Å². The van der Waals surface area contributed by atoms with Crippen LogP contribution in [0.1, 0.15) is 5.01 Å². The maximum absolute atomic E-state index is 11.9. The number of thiazole rings is 1. The second-order valence-electron chi connectivity index (χ2n) is 7.52. The minimum absolute atomic E-state index is 0.378. The summed E-state index contributed by atoms with van der Waals surface area (Å²) in [5.74, 6) is -1.51. The number of halogens is 1. The van der Waals surface area contributed by atoms with Crippen molar-refractivity contribution < 1.29 is 30.5 Å². The van der Waals surface area contributed by atoms with Crippen molar-refractivity contribution in [2.45, 2.75) is 10.8 Å². The van der Waals surface area contributed by atoms with Crippen molar-refractivity contribution in [1.82, 2.24) is 0 Å². The van der Waals surface area contributed by atoms with Crippen molar-refractivity contribution in [1.29, 1.82) is 0 Å². The minimum Gasteiger partial charge on any atom is -0.747 e. The van der Waals surface area contributed by atoms with Crippen LogP contribution >= 0.6 is 34.7 Å². The Bertz CT molecular complexity index is 1710. The first-order chi connectivity index (χ1) is 16.0. The highest BCUT2D eigenvalue weighted by molar-refractivity contribution is 8.04. The molecule has 0 bridgehead atoms. The van der Waals surface area contributed by atoms with Crippen molar-refractivity contribution in [3.8, 4) is 0 Å². The normalized spacial score (nSPS) is 15.5. The summed E-state index contributed by atoms with van der Waals surface area (Å²) >= 11 is 8.62. The third-order valence-electron chi connectivity index (χ3n) is 5.13. The molecule has 13 heteroatoms. The summed E-state index contributed by atoms with van der Waals surface area (Å²) in [5.41, 5.74) is 1.09. The van der Waals surface area contributed by atoms with Gasteiger partial charge in [0, 0.05) is 9.92 Å². The monoisotopic (exact) mass is 554 g/mol. The number of benzene rings is 3. The predicted molar refractivity (Wildman–Crippen MR) is 133 cm³/mol. The van der Waals surface area contributed by atoms with E-state index in [2.05, 4.69) is 0 Å². The molecule has 0 unspecified atom stereocenters. The van der Waals surface area contributed by atoms with Crippen LogP contribution in [0.3, 0.4) is 0 Å². The molecular weight excluding hydrogens is 540 g/mol. The van der Waals surface area contributed by atoms with Gasteiger partial charge >= 0.3 is 10.1 Å². The van der Waals surface area contributed by atoms with Crippen LogP contribution in [0.15, 0.2) is 64.5 Å². The lowest BCUT2D eigenvalue weighted by atomic mass is 10.1. The maximum Gasteiger partial charge on any atom is 0.326 e. The molecule has 8 nitrogen and oxygen atoms in total. The first kappa shape index (κ1) is 23.5. The zero-order valence-electron chi connectivity index (χ0n) is 17.1. The standard InChI is InChI=1S/C21H15ClN2O6S4/c22-14-6-8-17-16(9-14)23(11-33(25,26)27)19(31-17)10-20-24(12-34(28,29)30)21-15-4-2-1-3-13(15)5-7-18(21)32-20/h1-10H,11-12H2,(H-,25,26,27,28,29,30). The Morgan fingerprint density at radius 3 is 2.59 bits per heavy atom. The second kappa shape index (κ2) is 8.48. The average Bonchev–Trinajstić information content (AvgIpc) is 3.24. The molecule has 0 spiro atoms. The lowest BCUT2D eigenvalue weighted by Crippen LogP contribution is -2.39. The van der Waals surface area contributed by atoms with Crippen LogP contribution in [0.25, 0.3) is 27.1 Å². The van der Waals surface area contributed by atoms with E-state index < -0.39 is 32.0 Å². The molecule has 0 radical (unpaired) electrons. The van der Waals surface area contributed by atoms with Crippen LogP contribution in [0.2, 0.25) is 5.02 Å². The van der Waals surface area contributed by atoms with E-state index in [-0.39, 0.29) is 0 Å². The Morgan fingerprint density at radius 1 is 1.09 bits per heavy atom. The summed E-state index contributed by atoms with van der Waals surface area (Å²) in [6, 6.07) is 16.2. The van der Waals surface area contributed by atoms with Gasteiger partial charge in [0.15, 0.2) is 0 Å². The van der Waals surface area contributed by atoms with Gasteiger partial charge in [-0.2, -0.15) is 13.0 Å². The fraction of sp³-hybridized carbons (Fsp3) is 0.0952. The van der Waals surface area contributed by atoms with E-state index in [9.17, 15) is 25.9 Å². The molecule has 0 atom stereocenters. The van der Waals surface area contributed by atoms with Gasteiger partial charge in [0.05, 0.1) is 22.2 Å². The van der Waals surface area contributed by atoms with Crippen molar-refractivity contribution in [2.75, 3.05) is 10.8 Å². The summed E-state index contributed by atoms with van der Waals surface area (Å²) in [5, 5.41) is 2.95. The van der Waals surface area contributed by atoms with Gasteiger partial charge in [0.25, 0.3) is 10.9 Å². The summed E-state index contributed by atoms with van der Waals surface area (Å²) in [6.07, 6.45) is 1.62. The number of hydrogen-bond donors (Lipinski definition) is 1. The van der Waals surface area contributed by atoms with Crippen LogP contribution in [0.4, 0.5) is 5.69 Å². The molecule has 1 aliphatic heterocycles. The Hall–Kier alpha value is -2.19. The Labute approximate surface area is 208 Å². The van der Waals surface area contributed by atoms with Crippen molar-refractivity contribution in [3.05, 3.63) is 69.7 Å². The van der Waals surface area contributed by atoms with Gasteiger partial charge < -0.3 is 9.45 Å². The molecule has 4 aromatic rings. The van der Waals surface area contributed by atoms with Gasteiger partial charge in [-0.1, -0.05) is 59.0 Å². The van der Waals surface area contributed by atoms with E-state index >= 15 is 0 Å². The van der Waals surface area contributed by atoms with Crippen molar-refractivity contribution >= 4 is 87.7 Å². The molecule has 0 saturated heterocycles. The zero-order valence-corrected chi connectivity index (χ0v) is 21.1. The SMILES string of the molecule is O=S(=O)([O-])CN1C(=Cc2sc3ccc4ccccc4c3[n+]2CS(=O)(=O)O)Sc2ccc(Cl)cc21. The van der Waals surface area contributed by atoms with E-state index in [0.717, 1.165) is 15.5 Å². The number of rotatable bonds is 5. The quantitative estimate of drug-likeness (QED) is 0.287. The topological polar surface area (TPSA) is 119 Å². The molecule has 1 N–H and O–H groups in total. The van der Waals surface area contributed by atoms with Crippen LogP contribution < -0.4 is 9.47 Å². The molecule has 0 saturated carbocycles. The van der Waals surface area contributed by atoms with Crippen LogP contribution in [0, 0.1) is 0 Å². The average molecular weight is 555 g/mol. The van der Waals surface area contributed by atoms with Gasteiger partial charge in [0.2, 0.25) is 5.52 Å². The fourth-order valence-electron chi connectivity index (χ4n) is 3.85. The Kier molecular flexibility index (Phi) is 5.88. The molecule has 34 heavy (non-hydrogen) atoms. The van der Waals surface area contributed by atoms with Crippen LogP contribution in [-0.4, -0.2) is 31.8 Å². The molecule has 2 heterocycles. The first-order valence-electron chi connectivity index (χ1n) is 9.68. The first-order valence-corrected chi connectivity index (χ1v) is 14.9.